The molecule has 0 radical (unpaired) electrons. The van der Waals surface area contributed by atoms with Crippen molar-refractivity contribution >= 4 is 55.4 Å². The van der Waals surface area contributed by atoms with Crippen LogP contribution in [-0.2, 0) is 19.5 Å². The lowest BCUT2D eigenvalue weighted by atomic mass is 9.59. The molecule has 6 aliphatic heterocycles. The van der Waals surface area contributed by atoms with Crippen molar-refractivity contribution in [1.29, 1.82) is 0 Å². The first-order chi connectivity index (χ1) is 35.5. The normalized spacial score (nSPS) is 25.4. The van der Waals surface area contributed by atoms with E-state index in [1.807, 2.05) is 30.5 Å². The van der Waals surface area contributed by atoms with Gasteiger partial charge in [0.05, 0.1) is 46.9 Å². The molecule has 8 aliphatic rings. The van der Waals surface area contributed by atoms with Crippen LogP contribution in [0.15, 0.2) is 77.8 Å². The van der Waals surface area contributed by atoms with Gasteiger partial charge in [-0.3, -0.25) is 24.7 Å². The minimum atomic E-state index is -4.69. The number of sulfonamides is 1. The molecular weight excluding hydrogens is 951 g/mol. The number of amides is 1. The van der Waals surface area contributed by atoms with Crippen molar-refractivity contribution in [1.82, 2.24) is 24.5 Å². The number of likely N-dealkylation sites (tertiary alicyclic amines) is 1. The number of rotatable bonds is 11. The van der Waals surface area contributed by atoms with Gasteiger partial charge >= 0.3 is 0 Å². The average molecular weight is 1010 g/mol. The molecule has 2 saturated carbocycles. The number of carbonyl (C=O) groups is 1. The Bertz CT molecular complexity index is 3050. The average Bonchev–Trinajstić information content (AvgIpc) is 4.00. The molecule has 18 nitrogen and oxygen atoms in total. The van der Waals surface area contributed by atoms with E-state index in [-0.39, 0.29) is 41.7 Å². The van der Waals surface area contributed by atoms with Gasteiger partial charge in [0.2, 0.25) is 5.88 Å². The summed E-state index contributed by atoms with van der Waals surface area (Å²) in [4.78, 5) is 43.9. The minimum absolute atomic E-state index is 0.00140. The molecule has 0 unspecified atom stereocenters. The molecule has 1 amide bonds. The molecule has 384 valence electrons. The molecule has 13 rings (SSSR count). The van der Waals surface area contributed by atoms with E-state index < -0.39 is 31.4 Å². The van der Waals surface area contributed by atoms with Gasteiger partial charge in [-0.25, -0.2) is 13.1 Å². The fourth-order valence-electron chi connectivity index (χ4n) is 13.1. The number of fused-ring (bicyclic) bond motifs is 4. The second kappa shape index (κ2) is 18.7. The Kier molecular flexibility index (Phi) is 12.0. The van der Waals surface area contributed by atoms with Crippen LogP contribution in [0.5, 0.6) is 11.6 Å². The van der Waals surface area contributed by atoms with Crippen LogP contribution < -0.4 is 29.3 Å². The summed E-state index contributed by atoms with van der Waals surface area (Å²) in [6, 6.07) is 21.8. The molecule has 73 heavy (non-hydrogen) atoms. The van der Waals surface area contributed by atoms with E-state index in [9.17, 15) is 23.3 Å². The number of aromatic amines is 1. The predicted octanol–water partition coefficient (Wildman–Crippen LogP) is 7.49. The molecule has 6 fully saturated rings. The largest absolute Gasteiger partial charge is 0.489 e. The van der Waals surface area contributed by atoms with Gasteiger partial charge in [0, 0.05) is 93.3 Å². The highest BCUT2D eigenvalue weighted by molar-refractivity contribution is 7.90. The highest BCUT2D eigenvalue weighted by atomic mass is 32.2. The molecule has 3 aromatic carbocycles. The summed E-state index contributed by atoms with van der Waals surface area (Å²) < 4.78 is 55.1. The number of ether oxygens (including phenoxy) is 4. The summed E-state index contributed by atoms with van der Waals surface area (Å²) in [5.74, 6) is 0.268. The van der Waals surface area contributed by atoms with Crippen LogP contribution in [0.3, 0.4) is 0 Å². The number of nitro groups is 1. The number of nitrogens with one attached hydrogen (secondary N) is 3. The summed E-state index contributed by atoms with van der Waals surface area (Å²) in [7, 11) is -4.69. The molecule has 2 aromatic heterocycles. The fraction of sp³-hybridized carbons (Fsp3) is 0.519. The second-order valence-corrected chi connectivity index (χ2v) is 23.4. The van der Waals surface area contributed by atoms with Crippen molar-refractivity contribution in [3.05, 3.63) is 99.7 Å². The first-order valence-electron chi connectivity index (χ1n) is 26.4. The first-order valence-corrected chi connectivity index (χ1v) is 27.9. The third kappa shape index (κ3) is 8.93. The second-order valence-electron chi connectivity index (χ2n) is 21.7. The summed E-state index contributed by atoms with van der Waals surface area (Å²) >= 11 is 0. The number of anilines is 4. The smallest absolute Gasteiger partial charge is 0.297 e. The standard InChI is InChI=1S/C54H63N9O9S/c64-52(58-73(67,68)40-26-46(63(65)66)50-48(27-40)71-32-37(56-50)31-59-19-22-69-23-20-59)43-10-9-38(25-45(43)62-30-36-12-21-70-33-49(36)72-53-47(62)24-35-11-15-55-51(35)57-53)60-17-13-54(14-18-60)28-39(29-54)61-16-3-6-44(61)42-5-2-1-4-41(42)34-7-8-34/h1-2,4-5,9-11,15,24-27,34,36-37,39,44,49,56H,3,6-8,12-14,16-23,28-33H2,(H,55,57)(H,58,64)/t36-,37-,44-,49+/m0/s1. The maximum Gasteiger partial charge on any atom is 0.297 e. The van der Waals surface area contributed by atoms with Gasteiger partial charge in [-0.05, 0) is 117 Å². The number of morpholine rings is 1. The predicted molar refractivity (Wildman–Crippen MR) is 275 cm³/mol. The van der Waals surface area contributed by atoms with Crippen LogP contribution in [0.1, 0.15) is 91.2 Å². The summed E-state index contributed by atoms with van der Waals surface area (Å²) in [5, 5.41) is 16.6. The SMILES string of the molecule is O=C(NS(=O)(=O)c1cc2c(c([N+](=O)[O-])c1)N[C@@H](CN1CCOCC1)CO2)c1ccc(N2CCC3(CC2)CC(N2CCC[C@H]2c2ccccc2C2CC2)C3)cc1N1C[C@@H]2CCOC[C@H]2Oc2nc3[nH]ccc3cc21. The van der Waals surface area contributed by atoms with Crippen molar-refractivity contribution in [3.8, 4) is 11.6 Å². The van der Waals surface area contributed by atoms with Gasteiger partial charge in [0.1, 0.15) is 24.0 Å². The third-order valence-corrected chi connectivity index (χ3v) is 18.5. The summed E-state index contributed by atoms with van der Waals surface area (Å²) in [5.41, 5.74) is 5.93. The Morgan fingerprint density at radius 3 is 2.52 bits per heavy atom. The number of pyridine rings is 1. The van der Waals surface area contributed by atoms with Gasteiger partial charge < -0.3 is 39.0 Å². The van der Waals surface area contributed by atoms with Gasteiger partial charge in [-0.15, -0.1) is 0 Å². The molecule has 1 spiro atoms. The molecule has 8 heterocycles. The lowest BCUT2D eigenvalue weighted by Crippen LogP contribution is -2.55. The van der Waals surface area contributed by atoms with E-state index in [1.54, 1.807) is 17.2 Å². The van der Waals surface area contributed by atoms with E-state index in [1.165, 1.54) is 51.1 Å². The van der Waals surface area contributed by atoms with Crippen molar-refractivity contribution in [3.63, 3.8) is 0 Å². The highest BCUT2D eigenvalue weighted by Gasteiger charge is 2.50. The highest BCUT2D eigenvalue weighted by Crippen LogP contribution is 2.55. The number of nitrogens with zero attached hydrogens (tertiary/aromatic N) is 6. The lowest BCUT2D eigenvalue weighted by Gasteiger charge is -2.56. The molecule has 0 bridgehead atoms. The fourth-order valence-corrected chi connectivity index (χ4v) is 14.1. The number of H-pyrrole nitrogens is 1. The van der Waals surface area contributed by atoms with Crippen LogP contribution in [0.25, 0.3) is 11.0 Å². The van der Waals surface area contributed by atoms with E-state index in [0.29, 0.717) is 86.3 Å². The molecule has 5 aromatic rings. The Morgan fingerprint density at radius 2 is 1.71 bits per heavy atom. The topological polar surface area (TPSA) is 197 Å². The number of hydrogen-bond donors (Lipinski definition) is 3. The number of nitro benzene ring substituents is 1. The Hall–Kier alpha value is -5.99. The maximum atomic E-state index is 14.8. The zero-order valence-corrected chi connectivity index (χ0v) is 41.8. The molecule has 4 saturated heterocycles. The molecule has 2 aliphatic carbocycles. The van der Waals surface area contributed by atoms with Crippen LogP contribution in [-0.4, -0.2) is 136 Å². The quantitative estimate of drug-likeness (QED) is 0.0869. The molecule has 4 atom stereocenters. The van der Waals surface area contributed by atoms with Crippen LogP contribution >= 0.6 is 0 Å². The van der Waals surface area contributed by atoms with Crippen molar-refractivity contribution < 1.29 is 37.1 Å². The third-order valence-electron chi connectivity index (χ3n) is 17.2. The zero-order chi connectivity index (χ0) is 49.4. The Morgan fingerprint density at radius 1 is 0.890 bits per heavy atom. The zero-order valence-electron chi connectivity index (χ0n) is 41.0. The van der Waals surface area contributed by atoms with Gasteiger partial charge in [0.25, 0.3) is 21.6 Å². The van der Waals surface area contributed by atoms with Crippen LogP contribution in [0.4, 0.5) is 28.4 Å². The van der Waals surface area contributed by atoms with Crippen LogP contribution in [0.2, 0.25) is 0 Å². The van der Waals surface area contributed by atoms with E-state index >= 15 is 0 Å². The van der Waals surface area contributed by atoms with E-state index in [2.05, 4.69) is 58.9 Å². The Balaban J connectivity index is 0.786. The number of aromatic nitrogens is 2. The van der Waals surface area contributed by atoms with Crippen LogP contribution in [0, 0.1) is 21.4 Å². The molecule has 19 heteroatoms. The van der Waals surface area contributed by atoms with Crippen molar-refractivity contribution in [2.45, 2.75) is 92.8 Å². The van der Waals surface area contributed by atoms with Gasteiger partial charge in [0.15, 0.2) is 11.4 Å². The monoisotopic (exact) mass is 1010 g/mol. The maximum absolute atomic E-state index is 14.8. The summed E-state index contributed by atoms with van der Waals surface area (Å²) in [6.07, 6.45) is 11.9. The number of hydrogen-bond acceptors (Lipinski definition) is 15. The van der Waals surface area contributed by atoms with E-state index in [0.717, 1.165) is 62.1 Å². The number of piperidine rings is 1. The van der Waals surface area contributed by atoms with Gasteiger partial charge in [-0.2, -0.15) is 4.98 Å². The summed E-state index contributed by atoms with van der Waals surface area (Å²) in [6.45, 7) is 7.67. The lowest BCUT2D eigenvalue weighted by molar-refractivity contribution is -0.384. The minimum Gasteiger partial charge on any atom is -0.489 e. The number of benzene rings is 3. The first kappa shape index (κ1) is 46.8. The van der Waals surface area contributed by atoms with Gasteiger partial charge in [-0.1, -0.05) is 24.3 Å². The van der Waals surface area contributed by atoms with Crippen molar-refractivity contribution in [2.75, 3.05) is 94.0 Å². The van der Waals surface area contributed by atoms with E-state index in [4.69, 9.17) is 23.9 Å². The molecular formula is C54H63N9O9S. The molecule has 3 N–H and O–H groups in total. The van der Waals surface area contributed by atoms with Crippen molar-refractivity contribution in [2.24, 2.45) is 11.3 Å². The number of carbonyl (C=O) groups excluding carboxylic acids is 1. The Labute approximate surface area is 424 Å².